The van der Waals surface area contributed by atoms with E-state index in [0.29, 0.717) is 69.2 Å². The summed E-state index contributed by atoms with van der Waals surface area (Å²) in [6.07, 6.45) is 1.59. The summed E-state index contributed by atoms with van der Waals surface area (Å²) < 4.78 is 16.1. The van der Waals surface area contributed by atoms with Crippen LogP contribution in [0.2, 0.25) is 0 Å². The second-order valence-electron chi connectivity index (χ2n) is 7.71. The summed E-state index contributed by atoms with van der Waals surface area (Å²) in [5.41, 5.74) is 15.5. The van der Waals surface area contributed by atoms with Crippen LogP contribution in [0.3, 0.4) is 0 Å². The molecule has 3 rings (SSSR count). The maximum atomic E-state index is 13.1. The molecule has 0 aliphatic carbocycles. The third-order valence-electron chi connectivity index (χ3n) is 5.37. The second kappa shape index (κ2) is 14.1. The Morgan fingerprint density at radius 3 is 2.12 bits per heavy atom. The zero-order chi connectivity index (χ0) is 24.2. The van der Waals surface area contributed by atoms with Crippen LogP contribution >= 0.6 is 0 Å². The van der Waals surface area contributed by atoms with E-state index < -0.39 is 0 Å². The summed E-state index contributed by atoms with van der Waals surface area (Å²) in [6.45, 7) is 4.17. The Bertz CT molecular complexity index is 932. The van der Waals surface area contributed by atoms with E-state index in [4.69, 9.17) is 30.5 Å². The molecule has 0 saturated heterocycles. The molecule has 34 heavy (non-hydrogen) atoms. The fourth-order valence-electron chi connectivity index (χ4n) is 3.81. The first-order valence-corrected chi connectivity index (χ1v) is 11.6. The zero-order valence-corrected chi connectivity index (χ0v) is 19.4. The Balaban J connectivity index is 1.58. The molecule has 2 aromatic carbocycles. The van der Waals surface area contributed by atoms with Crippen molar-refractivity contribution in [2.45, 2.75) is 12.8 Å². The van der Waals surface area contributed by atoms with Crippen LogP contribution in [0, 0.1) is 0 Å². The number of hydroxylamine groups is 1. The van der Waals surface area contributed by atoms with Crippen LogP contribution in [0.4, 0.5) is 0 Å². The van der Waals surface area contributed by atoms with Gasteiger partial charge in [0.05, 0.1) is 39.6 Å². The van der Waals surface area contributed by atoms with E-state index in [9.17, 15) is 9.59 Å². The summed E-state index contributed by atoms with van der Waals surface area (Å²) in [5, 5.41) is 1.63. The van der Waals surface area contributed by atoms with Crippen LogP contribution < -0.4 is 16.9 Å². The van der Waals surface area contributed by atoms with Crippen LogP contribution in [0.5, 0.6) is 0 Å². The van der Waals surface area contributed by atoms with E-state index in [0.717, 1.165) is 28.7 Å². The maximum Gasteiger partial charge on any atom is 0.262 e. The van der Waals surface area contributed by atoms with Gasteiger partial charge in [0, 0.05) is 36.2 Å². The molecule has 1 aliphatic rings. The first-order valence-electron chi connectivity index (χ1n) is 11.6. The van der Waals surface area contributed by atoms with Gasteiger partial charge >= 0.3 is 0 Å². The van der Waals surface area contributed by atoms with Crippen molar-refractivity contribution in [2.24, 2.45) is 11.5 Å². The average molecular weight is 475 g/mol. The Kier molecular flexibility index (Phi) is 10.8. The van der Waals surface area contributed by atoms with Gasteiger partial charge in [0.2, 0.25) is 0 Å². The molecular formula is C24H34N4O6. The summed E-state index contributed by atoms with van der Waals surface area (Å²) in [5.74, 6) is -0.701. The summed E-state index contributed by atoms with van der Waals surface area (Å²) in [6, 6.07) is 9.31. The Labute approximate surface area is 199 Å². The number of nitrogens with two attached hydrogens (primary N) is 2. The third-order valence-corrected chi connectivity index (χ3v) is 5.37. The van der Waals surface area contributed by atoms with Gasteiger partial charge in [0.25, 0.3) is 11.8 Å². The number of carbonyl (C=O) groups is 2. The third kappa shape index (κ3) is 6.80. The van der Waals surface area contributed by atoms with Crippen LogP contribution in [-0.4, -0.2) is 82.7 Å². The molecule has 0 radical (unpaired) electrons. The number of imide groups is 1. The Hall–Kier alpha value is -2.44. The van der Waals surface area contributed by atoms with E-state index in [1.807, 2.05) is 18.2 Å². The van der Waals surface area contributed by atoms with Gasteiger partial charge in [0.15, 0.2) is 0 Å². The van der Waals surface area contributed by atoms with Gasteiger partial charge in [-0.05, 0) is 35.9 Å². The standard InChI is InChI=1S/C24H34N4O6/c25-8-11-32-14-13-31-10-2-3-18-6-7-21-22-19(18)4-1-5-20(22)23(29)28(24(21)30)17-27-34-16-15-33-12-9-26/h1,4-7,27H,2-3,8-17,25-26H2. The molecule has 0 spiro atoms. The molecule has 0 saturated carbocycles. The van der Waals surface area contributed by atoms with Crippen LogP contribution in [-0.2, 0) is 25.5 Å². The predicted molar refractivity (Wildman–Crippen MR) is 127 cm³/mol. The molecule has 0 aromatic heterocycles. The maximum absolute atomic E-state index is 13.1. The number of aryl methyl sites for hydroxylation is 1. The molecule has 0 bridgehead atoms. The van der Waals surface area contributed by atoms with Crippen molar-refractivity contribution in [1.82, 2.24) is 10.4 Å². The van der Waals surface area contributed by atoms with Gasteiger partial charge in [-0.25, -0.2) is 0 Å². The van der Waals surface area contributed by atoms with E-state index in [1.165, 1.54) is 0 Å². The van der Waals surface area contributed by atoms with Crippen molar-refractivity contribution in [3.63, 3.8) is 0 Å². The van der Waals surface area contributed by atoms with Crippen LogP contribution in [0.1, 0.15) is 32.7 Å². The van der Waals surface area contributed by atoms with Crippen molar-refractivity contribution < 1.29 is 28.6 Å². The molecule has 0 unspecified atom stereocenters. The highest BCUT2D eigenvalue weighted by molar-refractivity contribution is 6.25. The minimum Gasteiger partial charge on any atom is -0.379 e. The minimum atomic E-state index is -0.350. The van der Waals surface area contributed by atoms with Gasteiger partial charge in [0.1, 0.15) is 6.67 Å². The summed E-state index contributed by atoms with van der Waals surface area (Å²) >= 11 is 0. The Morgan fingerprint density at radius 2 is 1.41 bits per heavy atom. The minimum absolute atomic E-state index is 0.0571. The largest absolute Gasteiger partial charge is 0.379 e. The first-order chi connectivity index (χ1) is 16.7. The molecule has 5 N–H and O–H groups in total. The van der Waals surface area contributed by atoms with Crippen molar-refractivity contribution in [1.29, 1.82) is 0 Å². The molecule has 1 heterocycles. The molecule has 10 nitrogen and oxygen atoms in total. The number of benzene rings is 2. The fraction of sp³-hybridized carbons (Fsp3) is 0.500. The lowest BCUT2D eigenvalue weighted by Crippen LogP contribution is -2.45. The highest BCUT2D eigenvalue weighted by atomic mass is 16.7. The number of nitrogens with one attached hydrogen (secondary N) is 1. The van der Waals surface area contributed by atoms with E-state index in [2.05, 4.69) is 5.48 Å². The molecule has 186 valence electrons. The zero-order valence-electron chi connectivity index (χ0n) is 19.4. The van der Waals surface area contributed by atoms with E-state index in [-0.39, 0.29) is 25.1 Å². The van der Waals surface area contributed by atoms with Gasteiger partial charge in [-0.2, -0.15) is 5.48 Å². The number of rotatable bonds is 17. The SMILES string of the molecule is NCCOCCOCCCc1ccc2c3c(cccc13)C(=O)N(CNOCCOCCN)C2=O. The monoisotopic (exact) mass is 474 g/mol. The number of ether oxygens (including phenoxy) is 3. The van der Waals surface area contributed by atoms with Crippen LogP contribution in [0.15, 0.2) is 30.3 Å². The lowest BCUT2D eigenvalue weighted by molar-refractivity contribution is -0.0185. The number of amides is 2. The number of hydrogen-bond acceptors (Lipinski definition) is 9. The van der Waals surface area contributed by atoms with Gasteiger partial charge < -0.3 is 25.7 Å². The lowest BCUT2D eigenvalue weighted by Gasteiger charge is -2.27. The fourth-order valence-corrected chi connectivity index (χ4v) is 3.81. The first kappa shape index (κ1) is 26.2. The topological polar surface area (TPSA) is 138 Å². The van der Waals surface area contributed by atoms with Crippen molar-refractivity contribution in [2.75, 3.05) is 66.0 Å². The molecule has 0 fully saturated rings. The van der Waals surface area contributed by atoms with Gasteiger partial charge in [-0.1, -0.05) is 18.2 Å². The summed E-state index contributed by atoms with van der Waals surface area (Å²) in [7, 11) is 0. The quantitative estimate of drug-likeness (QED) is 0.173. The molecule has 0 atom stereocenters. The highest BCUT2D eigenvalue weighted by Gasteiger charge is 2.33. The normalized spacial score (nSPS) is 13.3. The van der Waals surface area contributed by atoms with Crippen molar-refractivity contribution in [3.05, 3.63) is 47.0 Å². The Morgan fingerprint density at radius 1 is 0.765 bits per heavy atom. The molecule has 2 aromatic rings. The summed E-state index contributed by atoms with van der Waals surface area (Å²) in [4.78, 5) is 32.6. The number of nitrogens with zero attached hydrogens (tertiary/aromatic N) is 1. The second-order valence-corrected chi connectivity index (χ2v) is 7.71. The van der Waals surface area contributed by atoms with E-state index >= 15 is 0 Å². The average Bonchev–Trinajstić information content (AvgIpc) is 2.85. The number of hydrogen-bond donors (Lipinski definition) is 3. The molecule has 10 heteroatoms. The molecular weight excluding hydrogens is 440 g/mol. The van der Waals surface area contributed by atoms with Gasteiger partial charge in [-0.3, -0.25) is 19.3 Å². The smallest absolute Gasteiger partial charge is 0.262 e. The van der Waals surface area contributed by atoms with Crippen molar-refractivity contribution >= 4 is 22.6 Å². The molecule has 2 amide bonds. The van der Waals surface area contributed by atoms with E-state index in [1.54, 1.807) is 12.1 Å². The number of carbonyl (C=O) groups excluding carboxylic acids is 2. The highest BCUT2D eigenvalue weighted by Crippen LogP contribution is 2.32. The van der Waals surface area contributed by atoms with Crippen molar-refractivity contribution in [3.8, 4) is 0 Å². The molecule has 1 aliphatic heterocycles. The van der Waals surface area contributed by atoms with Gasteiger partial charge in [-0.15, -0.1) is 0 Å². The lowest BCUT2D eigenvalue weighted by atomic mass is 9.90. The predicted octanol–water partition coefficient (Wildman–Crippen LogP) is 0.814. The van der Waals surface area contributed by atoms with Crippen LogP contribution in [0.25, 0.3) is 10.8 Å².